The van der Waals surface area contributed by atoms with E-state index in [1.807, 2.05) is 0 Å². The van der Waals surface area contributed by atoms with E-state index in [1.54, 1.807) is 40.7 Å². The molecule has 2 amide bonds. The van der Waals surface area contributed by atoms with Gasteiger partial charge in [0, 0.05) is 12.6 Å². The van der Waals surface area contributed by atoms with E-state index in [2.05, 4.69) is 10.6 Å². The molecule has 0 saturated heterocycles. The number of amides is 2. The monoisotopic (exact) mass is 395 g/mol. The molecule has 0 aliphatic carbocycles. The van der Waals surface area contributed by atoms with Gasteiger partial charge in [-0.2, -0.15) is 0 Å². The van der Waals surface area contributed by atoms with E-state index in [0.717, 1.165) is 5.56 Å². The topological polar surface area (TPSA) is 137 Å². The van der Waals surface area contributed by atoms with Crippen LogP contribution in [0.4, 0.5) is 16.2 Å². The number of anilines is 1. The number of nitro groups is 1. The standard InChI is InChI=1S/C18H25N3O7/c1-11-6-7-13(21(25)26)16(12(11)2)20-14(22)10-27-15(23)8-9-19-17(24)28-18(3,4)5/h6-7H,8-10H2,1-5H3,(H,19,24)(H,20,22). The zero-order chi connectivity index (χ0) is 21.5. The lowest BCUT2D eigenvalue weighted by Gasteiger charge is -2.19. The molecule has 10 heteroatoms. The predicted octanol–water partition coefficient (Wildman–Crippen LogP) is 2.61. The predicted molar refractivity (Wildman–Crippen MR) is 101 cm³/mol. The third-order valence-corrected chi connectivity index (χ3v) is 3.54. The Bertz CT molecular complexity index is 769. The van der Waals surface area contributed by atoms with Crippen molar-refractivity contribution in [3.63, 3.8) is 0 Å². The molecule has 0 aliphatic heterocycles. The number of hydrogen-bond acceptors (Lipinski definition) is 7. The van der Waals surface area contributed by atoms with Gasteiger partial charge in [-0.1, -0.05) is 6.07 Å². The third kappa shape index (κ3) is 7.60. The first-order valence-corrected chi connectivity index (χ1v) is 8.57. The van der Waals surface area contributed by atoms with Gasteiger partial charge < -0.3 is 20.1 Å². The van der Waals surface area contributed by atoms with E-state index < -0.39 is 35.1 Å². The molecule has 1 aromatic carbocycles. The lowest BCUT2D eigenvalue weighted by molar-refractivity contribution is -0.384. The van der Waals surface area contributed by atoms with Crippen LogP contribution in [0.1, 0.15) is 38.3 Å². The molecular weight excluding hydrogens is 370 g/mol. The first-order valence-electron chi connectivity index (χ1n) is 8.57. The van der Waals surface area contributed by atoms with E-state index in [0.29, 0.717) is 5.56 Å². The summed E-state index contributed by atoms with van der Waals surface area (Å²) >= 11 is 0. The summed E-state index contributed by atoms with van der Waals surface area (Å²) in [4.78, 5) is 45.6. The van der Waals surface area contributed by atoms with Crippen LogP contribution in [0, 0.1) is 24.0 Å². The first kappa shape index (κ1) is 22.9. The van der Waals surface area contributed by atoms with Crippen molar-refractivity contribution in [3.05, 3.63) is 33.4 Å². The molecule has 0 bridgehead atoms. The first-order chi connectivity index (χ1) is 12.9. The second kappa shape index (κ2) is 9.67. The number of nitrogens with zero attached hydrogens (tertiary/aromatic N) is 1. The number of esters is 1. The van der Waals surface area contributed by atoms with E-state index in [-0.39, 0.29) is 24.3 Å². The fourth-order valence-corrected chi connectivity index (χ4v) is 2.09. The number of ether oxygens (including phenoxy) is 2. The summed E-state index contributed by atoms with van der Waals surface area (Å²) in [5, 5.41) is 15.9. The van der Waals surface area contributed by atoms with E-state index in [4.69, 9.17) is 9.47 Å². The van der Waals surface area contributed by atoms with E-state index in [9.17, 15) is 24.5 Å². The highest BCUT2D eigenvalue weighted by Crippen LogP contribution is 2.30. The Morgan fingerprint density at radius 1 is 1.18 bits per heavy atom. The molecule has 0 radical (unpaired) electrons. The lowest BCUT2D eigenvalue weighted by Crippen LogP contribution is -2.34. The van der Waals surface area contributed by atoms with Crippen LogP contribution in [-0.4, -0.2) is 41.6 Å². The maximum absolute atomic E-state index is 12.0. The van der Waals surface area contributed by atoms with Crippen molar-refractivity contribution < 1.29 is 28.8 Å². The Morgan fingerprint density at radius 3 is 2.39 bits per heavy atom. The molecule has 0 spiro atoms. The lowest BCUT2D eigenvalue weighted by atomic mass is 10.1. The zero-order valence-electron chi connectivity index (χ0n) is 16.6. The van der Waals surface area contributed by atoms with E-state index in [1.165, 1.54) is 6.07 Å². The van der Waals surface area contributed by atoms with Crippen LogP contribution in [0.2, 0.25) is 0 Å². The SMILES string of the molecule is Cc1ccc([N+](=O)[O-])c(NC(=O)COC(=O)CCNC(=O)OC(C)(C)C)c1C. The molecule has 10 nitrogen and oxygen atoms in total. The van der Waals surface area contributed by atoms with Gasteiger partial charge in [0.25, 0.3) is 11.6 Å². The minimum absolute atomic E-state index is 0.0160. The van der Waals surface area contributed by atoms with Crippen LogP contribution in [0.5, 0.6) is 0 Å². The molecule has 0 saturated carbocycles. The fourth-order valence-electron chi connectivity index (χ4n) is 2.09. The van der Waals surface area contributed by atoms with Crippen molar-refractivity contribution in [2.24, 2.45) is 0 Å². The van der Waals surface area contributed by atoms with Crippen molar-refractivity contribution in [3.8, 4) is 0 Å². The molecule has 0 aromatic heterocycles. The maximum atomic E-state index is 12.0. The van der Waals surface area contributed by atoms with Crippen LogP contribution in [0.15, 0.2) is 12.1 Å². The smallest absolute Gasteiger partial charge is 0.407 e. The number of benzene rings is 1. The molecule has 28 heavy (non-hydrogen) atoms. The van der Waals surface area contributed by atoms with Crippen LogP contribution >= 0.6 is 0 Å². The largest absolute Gasteiger partial charge is 0.456 e. The fraction of sp³-hybridized carbons (Fsp3) is 0.500. The van der Waals surface area contributed by atoms with Crippen LogP contribution < -0.4 is 10.6 Å². The maximum Gasteiger partial charge on any atom is 0.407 e. The molecule has 0 fully saturated rings. The number of carbonyl (C=O) groups is 3. The van der Waals surface area contributed by atoms with Crippen LogP contribution in [0.25, 0.3) is 0 Å². The van der Waals surface area contributed by atoms with Gasteiger partial charge >= 0.3 is 12.1 Å². The van der Waals surface area contributed by atoms with Gasteiger partial charge in [-0.05, 0) is 45.7 Å². The van der Waals surface area contributed by atoms with Gasteiger partial charge in [0.05, 0.1) is 11.3 Å². The Morgan fingerprint density at radius 2 is 1.82 bits per heavy atom. The zero-order valence-corrected chi connectivity index (χ0v) is 16.6. The molecule has 0 atom stereocenters. The van der Waals surface area contributed by atoms with Crippen molar-refractivity contribution in [1.29, 1.82) is 0 Å². The van der Waals surface area contributed by atoms with Crippen molar-refractivity contribution in [1.82, 2.24) is 5.32 Å². The highest BCUT2D eigenvalue weighted by atomic mass is 16.6. The number of nitrogens with one attached hydrogen (secondary N) is 2. The summed E-state index contributed by atoms with van der Waals surface area (Å²) in [7, 11) is 0. The van der Waals surface area contributed by atoms with Gasteiger partial charge in [-0.15, -0.1) is 0 Å². The quantitative estimate of drug-likeness (QED) is 0.411. The molecule has 1 rings (SSSR count). The summed E-state index contributed by atoms with van der Waals surface area (Å²) in [6.45, 7) is 7.91. The Kier molecular flexibility index (Phi) is 7.90. The highest BCUT2D eigenvalue weighted by Gasteiger charge is 2.20. The number of aryl methyl sites for hydroxylation is 1. The highest BCUT2D eigenvalue weighted by molar-refractivity contribution is 5.96. The molecule has 1 aromatic rings. The average Bonchev–Trinajstić information content (AvgIpc) is 2.55. The van der Waals surface area contributed by atoms with Gasteiger partial charge in [0.1, 0.15) is 11.3 Å². The van der Waals surface area contributed by atoms with Crippen molar-refractivity contribution >= 4 is 29.3 Å². The normalized spacial score (nSPS) is 10.8. The number of hydrogen-bond donors (Lipinski definition) is 2. The van der Waals surface area contributed by atoms with Crippen molar-refractivity contribution in [2.75, 3.05) is 18.5 Å². The second-order valence-electron chi connectivity index (χ2n) is 7.05. The van der Waals surface area contributed by atoms with Gasteiger partial charge in [0.2, 0.25) is 0 Å². The molecule has 0 aliphatic rings. The van der Waals surface area contributed by atoms with E-state index >= 15 is 0 Å². The number of rotatable bonds is 7. The number of nitro benzene ring substituents is 1. The minimum atomic E-state index is -0.707. The number of alkyl carbamates (subject to hydrolysis) is 1. The summed E-state index contributed by atoms with van der Waals surface area (Å²) in [6.07, 6.45) is -0.823. The Hall–Kier alpha value is -3.17. The second-order valence-corrected chi connectivity index (χ2v) is 7.05. The molecule has 0 heterocycles. The third-order valence-electron chi connectivity index (χ3n) is 3.54. The molecule has 154 valence electrons. The summed E-state index contributed by atoms with van der Waals surface area (Å²) in [5.41, 5.74) is 0.489. The van der Waals surface area contributed by atoms with Crippen LogP contribution in [0.3, 0.4) is 0 Å². The minimum Gasteiger partial charge on any atom is -0.456 e. The summed E-state index contributed by atoms with van der Waals surface area (Å²) in [6, 6.07) is 2.88. The van der Waals surface area contributed by atoms with Gasteiger partial charge in [-0.3, -0.25) is 19.7 Å². The Labute approximate surface area is 162 Å². The molecular formula is C18H25N3O7. The summed E-state index contributed by atoms with van der Waals surface area (Å²) < 4.78 is 9.83. The summed E-state index contributed by atoms with van der Waals surface area (Å²) in [5.74, 6) is -1.41. The molecule has 2 N–H and O–H groups in total. The number of carbonyl (C=O) groups excluding carboxylic acids is 3. The van der Waals surface area contributed by atoms with Crippen LogP contribution in [-0.2, 0) is 19.1 Å². The molecule has 0 unspecified atom stereocenters. The average molecular weight is 395 g/mol. The van der Waals surface area contributed by atoms with Crippen molar-refractivity contribution in [2.45, 2.75) is 46.6 Å². The van der Waals surface area contributed by atoms with Gasteiger partial charge in [-0.25, -0.2) is 4.79 Å². The Balaban J connectivity index is 2.49. The van der Waals surface area contributed by atoms with Gasteiger partial charge in [0.15, 0.2) is 6.61 Å².